The number of hydrogen-bond donors (Lipinski definition) is 1. The third-order valence-electron chi connectivity index (χ3n) is 3.46. The highest BCUT2D eigenvalue weighted by molar-refractivity contribution is 7.98. The number of thioether (sulfide) groups is 1. The standard InChI is InChI=1S/C17H16N2O3S2/c1-21-13-6-4-5-11(15(13)22-2)16(20)19-17-18-12-8-7-10(23-3)9-14(12)24-17/h4-9H,1-3H3,(H,18,19,20). The van der Waals surface area contributed by atoms with Gasteiger partial charge in [-0.2, -0.15) is 0 Å². The van der Waals surface area contributed by atoms with Gasteiger partial charge in [-0.05, 0) is 36.6 Å². The number of nitrogens with zero attached hydrogens (tertiary/aromatic N) is 1. The van der Waals surface area contributed by atoms with Crippen molar-refractivity contribution >= 4 is 44.4 Å². The number of amides is 1. The molecule has 0 radical (unpaired) electrons. The molecular formula is C17H16N2O3S2. The summed E-state index contributed by atoms with van der Waals surface area (Å²) >= 11 is 3.12. The van der Waals surface area contributed by atoms with Crippen LogP contribution in [0.1, 0.15) is 10.4 Å². The molecule has 0 unspecified atom stereocenters. The lowest BCUT2D eigenvalue weighted by Gasteiger charge is -2.11. The summed E-state index contributed by atoms with van der Waals surface area (Å²) in [5.74, 6) is 0.636. The first-order valence-corrected chi connectivity index (χ1v) is 9.17. The minimum Gasteiger partial charge on any atom is -0.493 e. The number of methoxy groups -OCH3 is 2. The van der Waals surface area contributed by atoms with Gasteiger partial charge >= 0.3 is 0 Å². The third-order valence-corrected chi connectivity index (χ3v) is 5.12. The number of rotatable bonds is 5. The molecule has 0 atom stereocenters. The van der Waals surface area contributed by atoms with Crippen LogP contribution in [0.15, 0.2) is 41.3 Å². The second kappa shape index (κ2) is 7.11. The van der Waals surface area contributed by atoms with Crippen LogP contribution in [-0.4, -0.2) is 31.4 Å². The third kappa shape index (κ3) is 3.18. The molecule has 0 fully saturated rings. The zero-order valence-electron chi connectivity index (χ0n) is 13.5. The summed E-state index contributed by atoms with van der Waals surface area (Å²) < 4.78 is 11.6. The Balaban J connectivity index is 1.90. The number of para-hydroxylation sites is 1. The van der Waals surface area contributed by atoms with Crippen molar-refractivity contribution in [1.82, 2.24) is 4.98 Å². The minimum atomic E-state index is -0.283. The molecule has 1 heterocycles. The predicted octanol–water partition coefficient (Wildman–Crippen LogP) is 4.29. The summed E-state index contributed by atoms with van der Waals surface area (Å²) in [6.07, 6.45) is 2.03. The van der Waals surface area contributed by atoms with Crippen molar-refractivity contribution in [2.75, 3.05) is 25.8 Å². The maximum Gasteiger partial charge on any atom is 0.261 e. The maximum absolute atomic E-state index is 12.6. The number of nitrogens with one attached hydrogen (secondary N) is 1. The molecule has 7 heteroatoms. The molecule has 3 aromatic rings. The molecule has 5 nitrogen and oxygen atoms in total. The topological polar surface area (TPSA) is 60.5 Å². The molecule has 0 aliphatic carbocycles. The largest absolute Gasteiger partial charge is 0.493 e. The van der Waals surface area contributed by atoms with Crippen molar-refractivity contribution in [1.29, 1.82) is 0 Å². The van der Waals surface area contributed by atoms with E-state index in [1.54, 1.807) is 30.0 Å². The van der Waals surface area contributed by atoms with Gasteiger partial charge in [-0.15, -0.1) is 11.8 Å². The van der Waals surface area contributed by atoms with Crippen LogP contribution in [0, 0.1) is 0 Å². The Hall–Kier alpha value is -2.25. The van der Waals surface area contributed by atoms with Gasteiger partial charge in [0, 0.05) is 4.90 Å². The van der Waals surface area contributed by atoms with Crippen LogP contribution < -0.4 is 14.8 Å². The van der Waals surface area contributed by atoms with E-state index in [0.717, 1.165) is 10.2 Å². The zero-order valence-corrected chi connectivity index (χ0v) is 15.1. The van der Waals surface area contributed by atoms with Gasteiger partial charge in [0.1, 0.15) is 0 Å². The Bertz CT molecular complexity index is 893. The molecule has 0 spiro atoms. The quantitative estimate of drug-likeness (QED) is 0.688. The SMILES string of the molecule is COc1cccc(C(=O)Nc2nc3ccc(SC)cc3s2)c1OC. The molecule has 0 aliphatic rings. The monoisotopic (exact) mass is 360 g/mol. The Morgan fingerprint density at radius 1 is 1.21 bits per heavy atom. The lowest BCUT2D eigenvalue weighted by molar-refractivity contribution is 0.102. The van der Waals surface area contributed by atoms with E-state index in [1.165, 1.54) is 30.5 Å². The van der Waals surface area contributed by atoms with E-state index in [9.17, 15) is 4.79 Å². The van der Waals surface area contributed by atoms with Crippen molar-refractivity contribution < 1.29 is 14.3 Å². The zero-order chi connectivity index (χ0) is 17.1. The summed E-state index contributed by atoms with van der Waals surface area (Å²) in [4.78, 5) is 18.2. The van der Waals surface area contributed by atoms with E-state index >= 15 is 0 Å². The van der Waals surface area contributed by atoms with Gasteiger partial charge < -0.3 is 9.47 Å². The molecule has 1 amide bonds. The van der Waals surface area contributed by atoms with Gasteiger partial charge in [0.25, 0.3) is 5.91 Å². The van der Waals surface area contributed by atoms with Crippen molar-refractivity contribution in [3.05, 3.63) is 42.0 Å². The van der Waals surface area contributed by atoms with E-state index < -0.39 is 0 Å². The van der Waals surface area contributed by atoms with E-state index in [1.807, 2.05) is 18.4 Å². The van der Waals surface area contributed by atoms with Crippen LogP contribution in [0.3, 0.4) is 0 Å². The molecule has 1 N–H and O–H groups in total. The van der Waals surface area contributed by atoms with Crippen molar-refractivity contribution in [2.24, 2.45) is 0 Å². The first kappa shape index (κ1) is 16.6. The van der Waals surface area contributed by atoms with E-state index in [4.69, 9.17) is 9.47 Å². The highest BCUT2D eigenvalue weighted by Crippen LogP contribution is 2.33. The van der Waals surface area contributed by atoms with Crippen LogP contribution in [0.5, 0.6) is 11.5 Å². The molecule has 0 saturated carbocycles. The second-order valence-corrected chi connectivity index (χ2v) is 6.76. The van der Waals surface area contributed by atoms with Crippen molar-refractivity contribution in [3.63, 3.8) is 0 Å². The average Bonchev–Trinajstić information content (AvgIpc) is 3.01. The van der Waals surface area contributed by atoms with Gasteiger partial charge in [-0.25, -0.2) is 4.98 Å². The van der Waals surface area contributed by atoms with E-state index in [0.29, 0.717) is 22.2 Å². The summed E-state index contributed by atoms with van der Waals surface area (Å²) in [5.41, 5.74) is 1.27. The summed E-state index contributed by atoms with van der Waals surface area (Å²) in [5, 5.41) is 3.39. The number of fused-ring (bicyclic) bond motifs is 1. The molecular weight excluding hydrogens is 344 g/mol. The van der Waals surface area contributed by atoms with Crippen LogP contribution in [-0.2, 0) is 0 Å². The first-order chi connectivity index (χ1) is 11.7. The fraction of sp³-hybridized carbons (Fsp3) is 0.176. The van der Waals surface area contributed by atoms with Gasteiger partial charge in [0.2, 0.25) is 0 Å². The number of carbonyl (C=O) groups is 1. The number of hydrogen-bond acceptors (Lipinski definition) is 6. The fourth-order valence-electron chi connectivity index (χ4n) is 2.32. The Kier molecular flexibility index (Phi) is 4.92. The summed E-state index contributed by atoms with van der Waals surface area (Å²) in [6, 6.07) is 11.2. The summed E-state index contributed by atoms with van der Waals surface area (Å²) in [7, 11) is 3.05. The van der Waals surface area contributed by atoms with Crippen LogP contribution in [0.4, 0.5) is 5.13 Å². The number of aromatic nitrogens is 1. The Morgan fingerprint density at radius 2 is 2.04 bits per heavy atom. The molecule has 2 aromatic carbocycles. The first-order valence-electron chi connectivity index (χ1n) is 7.13. The maximum atomic E-state index is 12.6. The average molecular weight is 360 g/mol. The number of ether oxygens (including phenoxy) is 2. The molecule has 3 rings (SSSR count). The Labute approximate surface area is 148 Å². The van der Waals surface area contributed by atoms with Crippen molar-refractivity contribution in [3.8, 4) is 11.5 Å². The lowest BCUT2D eigenvalue weighted by Crippen LogP contribution is -2.13. The van der Waals surface area contributed by atoms with E-state index in [2.05, 4.69) is 16.4 Å². The highest BCUT2D eigenvalue weighted by atomic mass is 32.2. The van der Waals surface area contributed by atoms with Gasteiger partial charge in [0.05, 0.1) is 30.0 Å². The van der Waals surface area contributed by atoms with Gasteiger partial charge in [-0.3, -0.25) is 10.1 Å². The van der Waals surface area contributed by atoms with E-state index in [-0.39, 0.29) is 5.91 Å². The van der Waals surface area contributed by atoms with Crippen LogP contribution in [0.2, 0.25) is 0 Å². The fourth-order valence-corrected chi connectivity index (χ4v) is 3.73. The number of benzene rings is 2. The number of anilines is 1. The molecule has 0 saturated heterocycles. The molecule has 0 aliphatic heterocycles. The predicted molar refractivity (Wildman–Crippen MR) is 98.9 cm³/mol. The van der Waals surface area contributed by atoms with Crippen LogP contribution >= 0.6 is 23.1 Å². The van der Waals surface area contributed by atoms with Gasteiger partial charge in [-0.1, -0.05) is 17.4 Å². The van der Waals surface area contributed by atoms with Crippen LogP contribution in [0.25, 0.3) is 10.2 Å². The highest BCUT2D eigenvalue weighted by Gasteiger charge is 2.17. The van der Waals surface area contributed by atoms with Crippen molar-refractivity contribution in [2.45, 2.75) is 4.90 Å². The molecule has 24 heavy (non-hydrogen) atoms. The second-order valence-electron chi connectivity index (χ2n) is 4.85. The lowest BCUT2D eigenvalue weighted by atomic mass is 10.1. The smallest absolute Gasteiger partial charge is 0.261 e. The number of thiazole rings is 1. The molecule has 0 bridgehead atoms. The van der Waals surface area contributed by atoms with Gasteiger partial charge in [0.15, 0.2) is 16.6 Å². The minimum absolute atomic E-state index is 0.283. The molecule has 124 valence electrons. The number of carbonyl (C=O) groups excluding carboxylic acids is 1. The molecule has 1 aromatic heterocycles. The summed E-state index contributed by atoms with van der Waals surface area (Å²) in [6.45, 7) is 0. The normalized spacial score (nSPS) is 10.6. The Morgan fingerprint density at radius 3 is 2.75 bits per heavy atom.